The number of halogens is 1. The zero-order valence-corrected chi connectivity index (χ0v) is 12.9. The first kappa shape index (κ1) is 17.5. The second kappa shape index (κ2) is 10.2. The molecule has 0 heterocycles. The Morgan fingerprint density at radius 3 is 2.33 bits per heavy atom. The highest BCUT2D eigenvalue weighted by molar-refractivity contribution is 5.94. The molecule has 21 heavy (non-hydrogen) atoms. The third kappa shape index (κ3) is 7.11. The van der Waals surface area contributed by atoms with Crippen molar-refractivity contribution in [1.29, 1.82) is 0 Å². The predicted octanol–water partition coefficient (Wildman–Crippen LogP) is 4.71. The largest absolute Gasteiger partial charge is 0.462 e. The minimum absolute atomic E-state index is 0.121. The van der Waals surface area contributed by atoms with Gasteiger partial charge >= 0.3 is 5.97 Å². The van der Waals surface area contributed by atoms with Crippen molar-refractivity contribution in [3.63, 3.8) is 0 Å². The lowest BCUT2D eigenvalue weighted by Gasteiger charge is -2.07. The Hall–Kier alpha value is -1.58. The second-order valence-corrected chi connectivity index (χ2v) is 5.34. The molecule has 0 amide bonds. The Labute approximate surface area is 126 Å². The van der Waals surface area contributed by atoms with Crippen molar-refractivity contribution in [2.75, 3.05) is 12.3 Å². The zero-order chi connectivity index (χ0) is 15.5. The number of carbonyl (C=O) groups excluding carboxylic acids is 1. The summed E-state index contributed by atoms with van der Waals surface area (Å²) in [5.74, 6) is -0.928. The summed E-state index contributed by atoms with van der Waals surface area (Å²) in [5, 5.41) is 0. The molecule has 0 bridgehead atoms. The number of ether oxygens (including phenoxy) is 1. The number of nitrogens with two attached hydrogens (primary N) is 1. The number of hydrogen-bond donors (Lipinski definition) is 1. The molecule has 1 aromatic carbocycles. The molecule has 0 fully saturated rings. The van der Waals surface area contributed by atoms with Gasteiger partial charge in [-0.2, -0.15) is 0 Å². The number of nitrogen functional groups attached to an aromatic ring is 1. The van der Waals surface area contributed by atoms with Gasteiger partial charge in [-0.15, -0.1) is 0 Å². The molecule has 0 aliphatic rings. The van der Waals surface area contributed by atoms with Gasteiger partial charge in [-0.3, -0.25) is 0 Å². The smallest absolute Gasteiger partial charge is 0.340 e. The zero-order valence-electron chi connectivity index (χ0n) is 12.9. The molecule has 0 unspecified atom stereocenters. The maximum absolute atomic E-state index is 12.9. The minimum atomic E-state index is -0.476. The van der Waals surface area contributed by atoms with Crippen LogP contribution in [0.25, 0.3) is 0 Å². The molecular weight excluding hydrogens is 269 g/mol. The van der Waals surface area contributed by atoms with Crippen molar-refractivity contribution < 1.29 is 13.9 Å². The third-order valence-corrected chi connectivity index (χ3v) is 3.46. The maximum atomic E-state index is 12.9. The predicted molar refractivity (Wildman–Crippen MR) is 83.7 cm³/mol. The van der Waals surface area contributed by atoms with Crippen molar-refractivity contribution in [1.82, 2.24) is 0 Å². The SMILES string of the molecule is CCCCCCCCCCOC(=O)c1ccc(F)cc1N. The van der Waals surface area contributed by atoms with Crippen molar-refractivity contribution in [2.45, 2.75) is 58.3 Å². The van der Waals surface area contributed by atoms with E-state index in [0.29, 0.717) is 6.61 Å². The molecule has 0 aliphatic heterocycles. The fourth-order valence-corrected chi connectivity index (χ4v) is 2.20. The highest BCUT2D eigenvalue weighted by Gasteiger charge is 2.11. The van der Waals surface area contributed by atoms with Gasteiger partial charge < -0.3 is 10.5 Å². The van der Waals surface area contributed by atoms with Crippen molar-refractivity contribution in [3.05, 3.63) is 29.6 Å². The van der Waals surface area contributed by atoms with E-state index in [-0.39, 0.29) is 11.3 Å². The molecule has 0 aliphatic carbocycles. The maximum Gasteiger partial charge on any atom is 0.340 e. The first-order valence-electron chi connectivity index (χ1n) is 7.87. The highest BCUT2D eigenvalue weighted by atomic mass is 19.1. The minimum Gasteiger partial charge on any atom is -0.462 e. The Balaban J connectivity index is 2.11. The van der Waals surface area contributed by atoms with Crippen molar-refractivity contribution in [2.24, 2.45) is 0 Å². The number of rotatable bonds is 10. The van der Waals surface area contributed by atoms with E-state index in [1.54, 1.807) is 0 Å². The van der Waals surface area contributed by atoms with Crippen molar-refractivity contribution >= 4 is 11.7 Å². The number of esters is 1. The van der Waals surface area contributed by atoms with Crippen LogP contribution in [0.2, 0.25) is 0 Å². The van der Waals surface area contributed by atoms with Gasteiger partial charge in [0.2, 0.25) is 0 Å². The molecule has 3 nitrogen and oxygen atoms in total. The monoisotopic (exact) mass is 295 g/mol. The van der Waals surface area contributed by atoms with E-state index in [4.69, 9.17) is 10.5 Å². The van der Waals surface area contributed by atoms with Crippen LogP contribution in [-0.4, -0.2) is 12.6 Å². The van der Waals surface area contributed by atoms with Crippen LogP contribution in [0.5, 0.6) is 0 Å². The van der Waals surface area contributed by atoms with E-state index < -0.39 is 11.8 Å². The van der Waals surface area contributed by atoms with Gasteiger partial charge in [-0.1, -0.05) is 51.9 Å². The van der Waals surface area contributed by atoms with E-state index in [2.05, 4.69) is 6.92 Å². The Bertz CT molecular complexity index is 435. The van der Waals surface area contributed by atoms with Crippen LogP contribution in [0.3, 0.4) is 0 Å². The topological polar surface area (TPSA) is 52.3 Å². The standard InChI is InChI=1S/C17H26FNO2/c1-2-3-4-5-6-7-8-9-12-21-17(20)15-11-10-14(18)13-16(15)19/h10-11,13H,2-9,12,19H2,1H3. The molecule has 4 heteroatoms. The summed E-state index contributed by atoms with van der Waals surface area (Å²) >= 11 is 0. The van der Waals surface area contributed by atoms with E-state index >= 15 is 0 Å². The third-order valence-electron chi connectivity index (χ3n) is 3.46. The van der Waals surface area contributed by atoms with Crippen LogP contribution < -0.4 is 5.73 Å². The number of unbranched alkanes of at least 4 members (excludes halogenated alkanes) is 7. The fraction of sp³-hybridized carbons (Fsp3) is 0.588. The normalized spacial score (nSPS) is 10.6. The van der Waals surface area contributed by atoms with Gasteiger partial charge in [-0.05, 0) is 24.6 Å². The van der Waals surface area contributed by atoms with Crippen LogP contribution in [0.1, 0.15) is 68.6 Å². The summed E-state index contributed by atoms with van der Waals surface area (Å²) in [6.07, 6.45) is 9.55. The molecule has 0 saturated heterocycles. The lowest BCUT2D eigenvalue weighted by molar-refractivity contribution is 0.0499. The molecule has 2 N–H and O–H groups in total. The van der Waals surface area contributed by atoms with Gasteiger partial charge in [-0.25, -0.2) is 9.18 Å². The van der Waals surface area contributed by atoms with Crippen LogP contribution >= 0.6 is 0 Å². The Morgan fingerprint density at radius 2 is 1.71 bits per heavy atom. The van der Waals surface area contributed by atoms with Gasteiger partial charge in [0.25, 0.3) is 0 Å². The number of carbonyl (C=O) groups is 1. The lowest BCUT2D eigenvalue weighted by atomic mass is 10.1. The van der Waals surface area contributed by atoms with Gasteiger partial charge in [0.1, 0.15) is 5.82 Å². The van der Waals surface area contributed by atoms with Gasteiger partial charge in [0, 0.05) is 5.69 Å². The summed E-state index contributed by atoms with van der Waals surface area (Å²) in [6.45, 7) is 2.60. The number of anilines is 1. The summed E-state index contributed by atoms with van der Waals surface area (Å²) in [6, 6.07) is 3.71. The van der Waals surface area contributed by atoms with Crippen LogP contribution in [0, 0.1) is 5.82 Å². The lowest BCUT2D eigenvalue weighted by Crippen LogP contribution is -2.09. The molecule has 0 atom stereocenters. The molecular formula is C17H26FNO2. The summed E-state index contributed by atoms with van der Waals surface area (Å²) < 4.78 is 18.0. The molecule has 1 aromatic rings. The van der Waals surface area contributed by atoms with Crippen LogP contribution in [0.15, 0.2) is 18.2 Å². The molecule has 0 aromatic heterocycles. The average Bonchev–Trinajstić information content (AvgIpc) is 2.45. The van der Waals surface area contributed by atoms with E-state index in [0.717, 1.165) is 18.9 Å². The van der Waals surface area contributed by atoms with Crippen LogP contribution in [0.4, 0.5) is 10.1 Å². The fourth-order valence-electron chi connectivity index (χ4n) is 2.20. The van der Waals surface area contributed by atoms with E-state index in [1.165, 1.54) is 50.7 Å². The average molecular weight is 295 g/mol. The summed E-state index contributed by atoms with van der Waals surface area (Å²) in [7, 11) is 0. The van der Waals surface area contributed by atoms with E-state index in [9.17, 15) is 9.18 Å². The number of benzene rings is 1. The van der Waals surface area contributed by atoms with Gasteiger partial charge in [0.15, 0.2) is 0 Å². The first-order chi connectivity index (χ1) is 10.1. The quantitative estimate of drug-likeness (QED) is 0.386. The number of hydrogen-bond acceptors (Lipinski definition) is 3. The van der Waals surface area contributed by atoms with Crippen molar-refractivity contribution in [3.8, 4) is 0 Å². The molecule has 1 rings (SSSR count). The molecule has 0 radical (unpaired) electrons. The summed E-state index contributed by atoms with van der Waals surface area (Å²) in [5.41, 5.74) is 5.94. The molecule has 118 valence electrons. The van der Waals surface area contributed by atoms with Gasteiger partial charge in [0.05, 0.1) is 12.2 Å². The molecule has 0 spiro atoms. The van der Waals surface area contributed by atoms with E-state index in [1.807, 2.05) is 0 Å². The first-order valence-corrected chi connectivity index (χ1v) is 7.87. The second-order valence-electron chi connectivity index (χ2n) is 5.34. The highest BCUT2D eigenvalue weighted by Crippen LogP contribution is 2.15. The Morgan fingerprint density at radius 1 is 1.10 bits per heavy atom. The molecule has 0 saturated carbocycles. The summed E-state index contributed by atoms with van der Waals surface area (Å²) in [4.78, 5) is 11.8. The Kier molecular flexibility index (Phi) is 8.48. The van der Waals surface area contributed by atoms with Crippen LogP contribution in [-0.2, 0) is 4.74 Å².